The second kappa shape index (κ2) is 8.43. The first-order valence-electron chi connectivity index (χ1n) is 10.1. The third kappa shape index (κ3) is 4.05. The highest BCUT2D eigenvalue weighted by Crippen LogP contribution is 2.23. The topological polar surface area (TPSA) is 89.7 Å². The average Bonchev–Trinajstić information content (AvgIpc) is 3.02. The minimum absolute atomic E-state index is 0.188. The maximum atomic E-state index is 12.9. The molecule has 2 N–H and O–H groups in total. The highest BCUT2D eigenvalue weighted by atomic mass is 16.1. The summed E-state index contributed by atoms with van der Waals surface area (Å²) in [6, 6.07) is 11.9. The van der Waals surface area contributed by atoms with E-state index in [-0.39, 0.29) is 5.56 Å². The van der Waals surface area contributed by atoms with Crippen LogP contribution in [0.25, 0.3) is 16.9 Å². The number of pyridine rings is 1. The fourth-order valence-electron chi connectivity index (χ4n) is 3.43. The molecule has 0 radical (unpaired) electrons. The quantitative estimate of drug-likeness (QED) is 0.443. The van der Waals surface area contributed by atoms with E-state index in [2.05, 4.69) is 46.0 Å². The number of aryl methyl sites for hydroxylation is 1. The lowest BCUT2D eigenvalue weighted by Crippen LogP contribution is -2.22. The summed E-state index contributed by atoms with van der Waals surface area (Å²) in [6.45, 7) is 10.4. The zero-order valence-electron chi connectivity index (χ0n) is 17.8. The van der Waals surface area contributed by atoms with Crippen molar-refractivity contribution in [3.8, 4) is 5.82 Å². The van der Waals surface area contributed by atoms with E-state index in [0.717, 1.165) is 16.9 Å². The Kier molecular flexibility index (Phi) is 5.53. The molecule has 0 aliphatic rings. The van der Waals surface area contributed by atoms with Gasteiger partial charge in [0.1, 0.15) is 5.39 Å². The van der Waals surface area contributed by atoms with Gasteiger partial charge in [0.05, 0.1) is 6.54 Å². The Labute approximate surface area is 180 Å². The predicted molar refractivity (Wildman–Crippen MR) is 124 cm³/mol. The van der Waals surface area contributed by atoms with Crippen molar-refractivity contribution in [3.05, 3.63) is 77.4 Å². The molecule has 0 atom stereocenters. The number of nitrogens with one attached hydrogen (secondary N) is 2. The van der Waals surface area contributed by atoms with Gasteiger partial charge >= 0.3 is 0 Å². The van der Waals surface area contributed by atoms with Gasteiger partial charge in [0.15, 0.2) is 11.5 Å². The zero-order valence-corrected chi connectivity index (χ0v) is 17.8. The predicted octanol–water partition coefficient (Wildman–Crippen LogP) is 4.04. The van der Waals surface area contributed by atoms with Gasteiger partial charge in [-0.3, -0.25) is 4.79 Å². The Morgan fingerprint density at radius 3 is 2.71 bits per heavy atom. The van der Waals surface area contributed by atoms with Crippen LogP contribution in [-0.4, -0.2) is 30.4 Å². The van der Waals surface area contributed by atoms with Gasteiger partial charge in [-0.15, -0.1) is 6.58 Å². The third-order valence-electron chi connectivity index (χ3n) is 4.77. The van der Waals surface area contributed by atoms with Crippen LogP contribution in [0.5, 0.6) is 0 Å². The molecule has 31 heavy (non-hydrogen) atoms. The van der Waals surface area contributed by atoms with Crippen molar-refractivity contribution in [3.63, 3.8) is 0 Å². The molecular formula is C23H25N7O. The third-order valence-corrected chi connectivity index (χ3v) is 4.77. The number of benzene rings is 1. The molecule has 0 bridgehead atoms. The van der Waals surface area contributed by atoms with Gasteiger partial charge < -0.3 is 10.6 Å². The first kappa shape index (κ1) is 20.3. The summed E-state index contributed by atoms with van der Waals surface area (Å²) in [5.41, 5.74) is 3.36. The normalized spacial score (nSPS) is 11.1. The second-order valence-electron chi connectivity index (χ2n) is 7.56. The number of nitrogens with zero attached hydrogens (tertiary/aromatic N) is 5. The molecule has 0 unspecified atom stereocenters. The largest absolute Gasteiger partial charge is 0.383 e. The van der Waals surface area contributed by atoms with Crippen LogP contribution in [-0.2, 0) is 6.54 Å². The molecule has 0 aliphatic heterocycles. The summed E-state index contributed by atoms with van der Waals surface area (Å²) in [6.07, 6.45) is 4.90. The van der Waals surface area contributed by atoms with Crippen molar-refractivity contribution in [2.75, 3.05) is 10.6 Å². The van der Waals surface area contributed by atoms with E-state index in [1.807, 2.05) is 43.3 Å². The first-order valence-corrected chi connectivity index (χ1v) is 10.1. The van der Waals surface area contributed by atoms with Crippen LogP contribution in [0.1, 0.15) is 19.4 Å². The number of hydrogen-bond donors (Lipinski definition) is 2. The van der Waals surface area contributed by atoms with Crippen LogP contribution in [0.2, 0.25) is 0 Å². The van der Waals surface area contributed by atoms with Gasteiger partial charge in [-0.2, -0.15) is 4.98 Å². The van der Waals surface area contributed by atoms with Crippen molar-refractivity contribution in [2.24, 2.45) is 0 Å². The molecule has 8 heteroatoms. The van der Waals surface area contributed by atoms with E-state index in [0.29, 0.717) is 35.4 Å². The lowest BCUT2D eigenvalue weighted by Gasteiger charge is -2.14. The summed E-state index contributed by atoms with van der Waals surface area (Å²) < 4.78 is 3.25. The number of allylic oxidation sites excluding steroid dienone is 1. The Morgan fingerprint density at radius 2 is 2.03 bits per heavy atom. The molecule has 0 saturated carbocycles. The molecule has 4 rings (SSSR count). The molecule has 3 heterocycles. The number of rotatable bonds is 7. The minimum Gasteiger partial charge on any atom is -0.383 e. The molecule has 0 spiro atoms. The average molecular weight is 416 g/mol. The second-order valence-corrected chi connectivity index (χ2v) is 7.56. The van der Waals surface area contributed by atoms with E-state index in [1.54, 1.807) is 27.8 Å². The van der Waals surface area contributed by atoms with Gasteiger partial charge in [-0.1, -0.05) is 12.1 Å². The van der Waals surface area contributed by atoms with Crippen molar-refractivity contribution < 1.29 is 0 Å². The first-order chi connectivity index (χ1) is 15.0. The number of fused-ring (bicyclic) bond motifs is 1. The lowest BCUT2D eigenvalue weighted by molar-refractivity contribution is 0.597. The fourth-order valence-corrected chi connectivity index (χ4v) is 3.43. The Morgan fingerprint density at radius 1 is 1.19 bits per heavy atom. The smallest absolute Gasteiger partial charge is 0.278 e. The van der Waals surface area contributed by atoms with E-state index in [1.165, 1.54) is 0 Å². The molecule has 0 aliphatic carbocycles. The molecular weight excluding hydrogens is 390 g/mol. The maximum Gasteiger partial charge on any atom is 0.278 e. The Hall–Kier alpha value is -3.94. The van der Waals surface area contributed by atoms with E-state index in [9.17, 15) is 4.79 Å². The highest BCUT2D eigenvalue weighted by molar-refractivity contribution is 5.77. The molecule has 0 saturated heterocycles. The molecule has 158 valence electrons. The van der Waals surface area contributed by atoms with Crippen LogP contribution in [0.3, 0.4) is 0 Å². The number of anilines is 3. The fraction of sp³-hybridized carbons (Fsp3) is 0.217. The molecule has 3 aromatic heterocycles. The van der Waals surface area contributed by atoms with E-state index < -0.39 is 0 Å². The maximum absolute atomic E-state index is 12.9. The summed E-state index contributed by atoms with van der Waals surface area (Å²) >= 11 is 0. The van der Waals surface area contributed by atoms with Crippen molar-refractivity contribution in [2.45, 2.75) is 33.4 Å². The number of hydrogen-bond acceptors (Lipinski definition) is 6. The van der Waals surface area contributed by atoms with Crippen LogP contribution in [0.4, 0.5) is 17.3 Å². The monoisotopic (exact) mass is 415 g/mol. The van der Waals surface area contributed by atoms with Gasteiger partial charge in [0.25, 0.3) is 5.56 Å². The van der Waals surface area contributed by atoms with Gasteiger partial charge in [-0.25, -0.2) is 19.3 Å². The summed E-state index contributed by atoms with van der Waals surface area (Å²) in [5.74, 6) is 0.998. The van der Waals surface area contributed by atoms with Crippen molar-refractivity contribution >= 4 is 28.4 Å². The standard InChI is InChI=1S/C23H25N7O/c1-5-12-29-22(31)18-14-25-23(28-21(18)30(29)20-8-6-7-11-24-20)27-17-9-10-19(16(4)13-17)26-15(2)3/h5-11,13-15,26H,1,12H2,2-4H3,(H,25,27,28). The minimum atomic E-state index is -0.188. The van der Waals surface area contributed by atoms with Crippen molar-refractivity contribution in [1.29, 1.82) is 0 Å². The SMILES string of the molecule is C=CCn1c(=O)c2cnc(Nc3ccc(NC(C)C)c(C)c3)nc2n1-c1ccccn1. The molecule has 0 amide bonds. The van der Waals surface area contributed by atoms with Crippen LogP contribution in [0, 0.1) is 6.92 Å². The van der Waals surface area contributed by atoms with Crippen molar-refractivity contribution in [1.82, 2.24) is 24.3 Å². The Bertz CT molecular complexity index is 1290. The van der Waals surface area contributed by atoms with Crippen LogP contribution < -0.4 is 16.2 Å². The van der Waals surface area contributed by atoms with Gasteiger partial charge in [0.2, 0.25) is 5.95 Å². The molecule has 4 aromatic rings. The number of aromatic nitrogens is 5. The van der Waals surface area contributed by atoms with Gasteiger partial charge in [0, 0.05) is 29.8 Å². The summed E-state index contributed by atoms with van der Waals surface area (Å²) in [7, 11) is 0. The zero-order chi connectivity index (χ0) is 22.0. The molecule has 0 fully saturated rings. The van der Waals surface area contributed by atoms with Crippen LogP contribution >= 0.6 is 0 Å². The van der Waals surface area contributed by atoms with E-state index >= 15 is 0 Å². The van der Waals surface area contributed by atoms with Gasteiger partial charge in [-0.05, 0) is 56.7 Å². The summed E-state index contributed by atoms with van der Waals surface area (Å²) in [5, 5.41) is 7.08. The summed E-state index contributed by atoms with van der Waals surface area (Å²) in [4.78, 5) is 26.3. The molecule has 8 nitrogen and oxygen atoms in total. The lowest BCUT2D eigenvalue weighted by atomic mass is 10.1. The van der Waals surface area contributed by atoms with E-state index in [4.69, 9.17) is 0 Å². The molecule has 1 aromatic carbocycles. The Balaban J connectivity index is 1.77. The van der Waals surface area contributed by atoms with Crippen LogP contribution in [0.15, 0.2) is 66.2 Å². The highest BCUT2D eigenvalue weighted by Gasteiger charge is 2.17.